The van der Waals surface area contributed by atoms with Crippen molar-refractivity contribution < 1.29 is 0 Å². The first kappa shape index (κ1) is 6.48. The van der Waals surface area contributed by atoms with Gasteiger partial charge in [0.15, 0.2) is 0 Å². The molecule has 2 N–H and O–H groups in total. The van der Waals surface area contributed by atoms with Crippen molar-refractivity contribution in [2.24, 2.45) is 4.99 Å². The zero-order chi connectivity index (χ0) is 5.98. The maximum atomic E-state index is 5.38. The van der Waals surface area contributed by atoms with Crippen molar-refractivity contribution in [3.05, 3.63) is 5.62 Å². The van der Waals surface area contributed by atoms with E-state index in [0.29, 0.717) is 10.9 Å². The van der Waals surface area contributed by atoms with Gasteiger partial charge in [0.25, 0.3) is 5.62 Å². The monoisotopic (exact) mass is 170 g/mol. The first-order chi connectivity index (χ1) is 3.79. The van der Waals surface area contributed by atoms with Crippen molar-refractivity contribution in [1.82, 2.24) is 9.44 Å². The molecule has 1 heterocycles. The van der Waals surface area contributed by atoms with E-state index in [-0.39, 0.29) is 0 Å². The molecule has 0 saturated heterocycles. The Hall–Kier alpha value is 0.360. The van der Waals surface area contributed by atoms with Gasteiger partial charge in [-0.2, -0.15) is 0 Å². The Kier molecular flexibility index (Phi) is 2.25. The predicted octanol–water partition coefficient (Wildman–Crippen LogP) is 1.02. The Morgan fingerprint density at radius 3 is 2.50 bits per heavy atom. The molecule has 1 aliphatic rings. The van der Waals surface area contributed by atoms with Crippen molar-refractivity contribution >= 4 is 40.6 Å². The van der Waals surface area contributed by atoms with Gasteiger partial charge in [0.05, 0.1) is 0 Å². The average molecular weight is 171 g/mol. The largest absolute Gasteiger partial charge is 0.292 e. The predicted molar refractivity (Wildman–Crippen MR) is 36.2 cm³/mol. The van der Waals surface area contributed by atoms with Gasteiger partial charge in [-0.1, -0.05) is 11.6 Å². The molecule has 0 aromatic carbocycles. The Bertz CT molecular complexity index is 116. The topological polar surface area (TPSA) is 36.4 Å². The van der Waals surface area contributed by atoms with Crippen molar-refractivity contribution in [1.29, 1.82) is 0 Å². The fourth-order valence-electron chi connectivity index (χ4n) is 0.242. The highest BCUT2D eigenvalue weighted by molar-refractivity contribution is 7.96. The van der Waals surface area contributed by atoms with Crippen LogP contribution in [0.5, 0.6) is 0 Å². The molecule has 3 nitrogen and oxygen atoms in total. The summed E-state index contributed by atoms with van der Waals surface area (Å²) in [5.74, 6) is 0. The van der Waals surface area contributed by atoms with Crippen molar-refractivity contribution in [2.45, 2.75) is 0 Å². The SMILES string of the molecule is Cl[C]1N=C(Cl)NSN1. The highest BCUT2D eigenvalue weighted by Gasteiger charge is 2.09. The second-order valence-corrected chi connectivity index (χ2v) is 2.33. The van der Waals surface area contributed by atoms with E-state index in [1.165, 1.54) is 12.1 Å². The molecular weight excluding hydrogens is 169 g/mol. The smallest absolute Gasteiger partial charge is 0.253 e. The van der Waals surface area contributed by atoms with E-state index >= 15 is 0 Å². The maximum absolute atomic E-state index is 5.38. The van der Waals surface area contributed by atoms with Crippen LogP contribution in [0.2, 0.25) is 0 Å². The van der Waals surface area contributed by atoms with Gasteiger partial charge in [-0.3, -0.25) is 4.72 Å². The summed E-state index contributed by atoms with van der Waals surface area (Å²) in [6.45, 7) is 0. The minimum Gasteiger partial charge on any atom is -0.292 e. The lowest BCUT2D eigenvalue weighted by Crippen LogP contribution is -2.24. The third-order valence-corrected chi connectivity index (χ3v) is 1.64. The second-order valence-electron chi connectivity index (χ2n) is 1.000. The van der Waals surface area contributed by atoms with Crippen LogP contribution in [0.4, 0.5) is 0 Å². The van der Waals surface area contributed by atoms with Gasteiger partial charge in [-0.15, -0.1) is 0 Å². The van der Waals surface area contributed by atoms with Gasteiger partial charge >= 0.3 is 0 Å². The number of amidine groups is 1. The van der Waals surface area contributed by atoms with Crippen LogP contribution in [0.15, 0.2) is 4.99 Å². The summed E-state index contributed by atoms with van der Waals surface area (Å²) in [6.07, 6.45) is 0. The Morgan fingerprint density at radius 1 is 1.38 bits per heavy atom. The van der Waals surface area contributed by atoms with E-state index in [1.54, 1.807) is 0 Å². The molecule has 0 aromatic heterocycles. The molecule has 1 radical (unpaired) electrons. The molecule has 0 aromatic rings. The second kappa shape index (κ2) is 2.77. The van der Waals surface area contributed by atoms with Crippen molar-refractivity contribution in [3.63, 3.8) is 0 Å². The van der Waals surface area contributed by atoms with Crippen molar-refractivity contribution in [2.75, 3.05) is 0 Å². The maximum Gasteiger partial charge on any atom is 0.253 e. The quantitative estimate of drug-likeness (QED) is 0.422. The summed E-state index contributed by atoms with van der Waals surface area (Å²) in [4.78, 5) is 3.60. The molecule has 45 valence electrons. The first-order valence-corrected chi connectivity index (χ1v) is 3.31. The number of hydrogen-bond acceptors (Lipinski definition) is 4. The third-order valence-electron chi connectivity index (χ3n) is 0.467. The summed E-state index contributed by atoms with van der Waals surface area (Å²) in [5, 5.41) is 0.291. The molecule has 0 fully saturated rings. The zero-order valence-corrected chi connectivity index (χ0v) is 5.94. The summed E-state index contributed by atoms with van der Waals surface area (Å²) < 4.78 is 5.26. The Labute approximate surface area is 61.1 Å². The fourth-order valence-corrected chi connectivity index (χ4v) is 0.996. The van der Waals surface area contributed by atoms with E-state index in [0.717, 1.165) is 0 Å². The van der Waals surface area contributed by atoms with Crippen LogP contribution in [0.3, 0.4) is 0 Å². The minimum absolute atomic E-state index is 0.291. The zero-order valence-electron chi connectivity index (χ0n) is 3.61. The Balaban J connectivity index is 2.50. The van der Waals surface area contributed by atoms with E-state index < -0.39 is 0 Å². The molecule has 0 amide bonds. The first-order valence-electron chi connectivity index (χ1n) is 1.73. The molecule has 0 bridgehead atoms. The van der Waals surface area contributed by atoms with Gasteiger partial charge < -0.3 is 0 Å². The number of hydrogen-bond donors (Lipinski definition) is 2. The minimum atomic E-state index is 0.291. The number of aliphatic imine (C=N–C) groups is 1. The van der Waals surface area contributed by atoms with Crippen LogP contribution < -0.4 is 9.44 Å². The number of rotatable bonds is 0. The van der Waals surface area contributed by atoms with Crippen molar-refractivity contribution in [3.8, 4) is 0 Å². The van der Waals surface area contributed by atoms with E-state index in [4.69, 9.17) is 23.2 Å². The highest BCUT2D eigenvalue weighted by Crippen LogP contribution is 2.12. The molecule has 0 saturated carbocycles. The highest BCUT2D eigenvalue weighted by atomic mass is 35.5. The normalized spacial score (nSPS) is 22.0. The molecule has 0 aliphatic carbocycles. The summed E-state index contributed by atoms with van der Waals surface area (Å²) in [6, 6.07) is 0. The van der Waals surface area contributed by atoms with Crippen LogP contribution in [-0.2, 0) is 0 Å². The van der Waals surface area contributed by atoms with Gasteiger partial charge in [-0.05, 0) is 11.6 Å². The molecule has 1 rings (SSSR count). The summed E-state index contributed by atoms with van der Waals surface area (Å²) >= 11 is 11.9. The summed E-state index contributed by atoms with van der Waals surface area (Å²) in [5.41, 5.74) is 0.291. The van der Waals surface area contributed by atoms with E-state index in [9.17, 15) is 0 Å². The summed E-state index contributed by atoms with van der Waals surface area (Å²) in [7, 11) is 0. The van der Waals surface area contributed by atoms with Crippen LogP contribution >= 0.6 is 35.3 Å². The molecule has 6 heteroatoms. The lowest BCUT2D eigenvalue weighted by atomic mass is 11.1. The van der Waals surface area contributed by atoms with Crippen LogP contribution in [0, 0.1) is 5.62 Å². The van der Waals surface area contributed by atoms with E-state index in [1.807, 2.05) is 0 Å². The van der Waals surface area contributed by atoms with E-state index in [2.05, 4.69) is 14.4 Å². The Morgan fingerprint density at radius 2 is 2.12 bits per heavy atom. The average Bonchev–Trinajstić information content (AvgIpc) is 1.64. The van der Waals surface area contributed by atoms with Crippen LogP contribution in [-0.4, -0.2) is 5.29 Å². The number of halogens is 2. The van der Waals surface area contributed by atoms with Gasteiger partial charge in [0.1, 0.15) is 0 Å². The molecule has 0 spiro atoms. The number of nitrogens with zero attached hydrogens (tertiary/aromatic N) is 1. The van der Waals surface area contributed by atoms with Crippen LogP contribution in [0.25, 0.3) is 0 Å². The lowest BCUT2D eigenvalue weighted by Gasteiger charge is -2.11. The lowest BCUT2D eigenvalue weighted by molar-refractivity contribution is 1.05. The number of nitrogens with one attached hydrogen (secondary N) is 2. The molecule has 0 atom stereocenters. The standard InChI is InChI=1S/C2H2Cl2N3S/c3-1-5-2(4)7-8-6-1/h6H,(H,5,7). The van der Waals surface area contributed by atoms with Gasteiger partial charge in [-0.25, -0.2) is 9.71 Å². The van der Waals surface area contributed by atoms with Crippen LogP contribution in [0.1, 0.15) is 0 Å². The molecule has 8 heavy (non-hydrogen) atoms. The fraction of sp³-hybridized carbons (Fsp3) is 0. The third kappa shape index (κ3) is 1.70. The molecule has 1 aliphatic heterocycles. The van der Waals surface area contributed by atoms with Gasteiger partial charge in [0.2, 0.25) is 5.29 Å². The molecular formula is C2H2Cl2N3S. The van der Waals surface area contributed by atoms with Gasteiger partial charge in [0, 0.05) is 12.1 Å². The molecule has 0 unspecified atom stereocenters.